The number of carboxylic acid groups (broad SMARTS) is 1. The molecule has 0 saturated heterocycles. The zero-order valence-electron chi connectivity index (χ0n) is 7.57. The molecule has 0 heterocycles. The summed E-state index contributed by atoms with van der Waals surface area (Å²) in [4.78, 5) is 31.3. The van der Waals surface area contributed by atoms with Crippen molar-refractivity contribution < 1.29 is 19.5 Å². The number of hydrogen-bond acceptors (Lipinski definition) is 4. The van der Waals surface area contributed by atoms with Crippen LogP contribution in [0.4, 0.5) is 0 Å². The molecule has 14 heavy (non-hydrogen) atoms. The first-order chi connectivity index (χ1) is 6.43. The normalized spacial score (nSPS) is 11.8. The second kappa shape index (κ2) is 6.25. The topological polar surface area (TPSA) is 107 Å². The fourth-order valence-corrected chi connectivity index (χ4v) is 1.45. The molecule has 0 aromatic rings. The average molecular weight is 219 g/mol. The van der Waals surface area contributed by atoms with E-state index < -0.39 is 23.8 Å². The van der Waals surface area contributed by atoms with Gasteiger partial charge in [0, 0.05) is 12.7 Å². The monoisotopic (exact) mass is 219 g/mol. The van der Waals surface area contributed by atoms with E-state index >= 15 is 0 Å². The van der Waals surface area contributed by atoms with Crippen LogP contribution in [0.15, 0.2) is 0 Å². The number of carboxylic acids is 1. The highest BCUT2D eigenvalue weighted by molar-refractivity contribution is 8.00. The van der Waals surface area contributed by atoms with Crippen molar-refractivity contribution in [1.29, 1.82) is 0 Å². The van der Waals surface area contributed by atoms with Gasteiger partial charge in [-0.3, -0.25) is 15.3 Å². The van der Waals surface area contributed by atoms with Crippen LogP contribution in [-0.2, 0) is 14.4 Å². The van der Waals surface area contributed by atoms with Crippen LogP contribution in [0.3, 0.4) is 0 Å². The summed E-state index contributed by atoms with van der Waals surface area (Å²) in [6.07, 6.45) is 0. The Balaban J connectivity index is 3.91. The van der Waals surface area contributed by atoms with Gasteiger partial charge in [0.15, 0.2) is 0 Å². The van der Waals surface area contributed by atoms with Gasteiger partial charge in [0.25, 0.3) is 0 Å². The Labute approximate surface area is 85.2 Å². The molecule has 0 saturated carbocycles. The SMILES string of the molecule is CC(=O)NC(CSCC([NH])=O)C(=O)O. The van der Waals surface area contributed by atoms with Gasteiger partial charge in [-0.2, -0.15) is 0 Å². The average Bonchev–Trinajstić information content (AvgIpc) is 2.00. The van der Waals surface area contributed by atoms with E-state index in [4.69, 9.17) is 10.8 Å². The van der Waals surface area contributed by atoms with E-state index in [0.29, 0.717) is 0 Å². The van der Waals surface area contributed by atoms with E-state index in [0.717, 1.165) is 11.8 Å². The first-order valence-corrected chi connectivity index (χ1v) is 4.91. The number of thioether (sulfide) groups is 1. The summed E-state index contributed by atoms with van der Waals surface area (Å²) in [7, 11) is 0. The molecule has 0 bridgehead atoms. The van der Waals surface area contributed by atoms with Crippen molar-refractivity contribution in [1.82, 2.24) is 11.1 Å². The Morgan fingerprint density at radius 1 is 1.50 bits per heavy atom. The van der Waals surface area contributed by atoms with Crippen LogP contribution in [0, 0.1) is 0 Å². The molecular weight excluding hydrogens is 208 g/mol. The Hall–Kier alpha value is -1.24. The highest BCUT2D eigenvalue weighted by Gasteiger charge is 2.18. The number of rotatable bonds is 6. The summed E-state index contributed by atoms with van der Waals surface area (Å²) >= 11 is 1.01. The fourth-order valence-electron chi connectivity index (χ4n) is 0.690. The minimum absolute atomic E-state index is 0.0661. The summed E-state index contributed by atoms with van der Waals surface area (Å²) < 4.78 is 0. The van der Waals surface area contributed by atoms with Crippen molar-refractivity contribution in [2.75, 3.05) is 11.5 Å². The van der Waals surface area contributed by atoms with Crippen molar-refractivity contribution in [2.45, 2.75) is 13.0 Å². The van der Waals surface area contributed by atoms with Crippen LogP contribution < -0.4 is 11.1 Å². The molecule has 0 aliphatic carbocycles. The molecule has 0 fully saturated rings. The maximum absolute atomic E-state index is 10.6. The Morgan fingerprint density at radius 2 is 2.07 bits per heavy atom. The molecule has 1 radical (unpaired) electrons. The van der Waals surface area contributed by atoms with Crippen molar-refractivity contribution in [3.8, 4) is 0 Å². The van der Waals surface area contributed by atoms with Gasteiger partial charge in [-0.15, -0.1) is 11.8 Å². The lowest BCUT2D eigenvalue weighted by molar-refractivity contribution is -0.140. The van der Waals surface area contributed by atoms with Gasteiger partial charge in [-0.05, 0) is 0 Å². The van der Waals surface area contributed by atoms with Crippen LogP contribution in [0.1, 0.15) is 6.92 Å². The standard InChI is InChI=1S/C7H11N2O4S/c1-4(10)9-5(7(12)13)2-14-3-6(8)11/h5,8H,2-3H2,1H3,(H,9,10)(H,12,13). The molecule has 1 unspecified atom stereocenters. The molecule has 1 atom stereocenters. The third-order valence-corrected chi connectivity index (χ3v) is 2.23. The van der Waals surface area contributed by atoms with Crippen molar-refractivity contribution in [3.05, 3.63) is 0 Å². The van der Waals surface area contributed by atoms with Crippen molar-refractivity contribution in [2.24, 2.45) is 0 Å². The predicted molar refractivity (Wildman–Crippen MR) is 50.7 cm³/mol. The van der Waals surface area contributed by atoms with Crippen molar-refractivity contribution >= 4 is 29.5 Å². The van der Waals surface area contributed by atoms with Gasteiger partial charge in [0.2, 0.25) is 11.8 Å². The first-order valence-electron chi connectivity index (χ1n) is 3.75. The molecule has 0 aromatic heterocycles. The quantitative estimate of drug-likeness (QED) is 0.603. The number of nitrogens with one attached hydrogen (secondary N) is 2. The minimum Gasteiger partial charge on any atom is -0.480 e. The zero-order valence-corrected chi connectivity index (χ0v) is 8.39. The maximum Gasteiger partial charge on any atom is 0.327 e. The summed E-state index contributed by atoms with van der Waals surface area (Å²) in [5.74, 6) is -2.33. The molecule has 2 amide bonds. The number of carbonyl (C=O) groups excluding carboxylic acids is 2. The third-order valence-electron chi connectivity index (χ3n) is 1.19. The van der Waals surface area contributed by atoms with Gasteiger partial charge in [-0.25, -0.2) is 4.79 Å². The van der Waals surface area contributed by atoms with Gasteiger partial charge < -0.3 is 10.4 Å². The second-order valence-corrected chi connectivity index (χ2v) is 3.56. The summed E-state index contributed by atoms with van der Waals surface area (Å²) in [5, 5.41) is 10.8. The Kier molecular flexibility index (Phi) is 5.70. The molecule has 3 N–H and O–H groups in total. The predicted octanol–water partition coefficient (Wildman–Crippen LogP) is -0.882. The summed E-state index contributed by atoms with van der Waals surface area (Å²) in [5.41, 5.74) is 6.58. The minimum atomic E-state index is -1.15. The molecule has 0 spiro atoms. The molecule has 0 aliphatic heterocycles. The zero-order chi connectivity index (χ0) is 11.1. The first kappa shape index (κ1) is 12.8. The molecule has 79 valence electrons. The Morgan fingerprint density at radius 3 is 2.43 bits per heavy atom. The molecule has 0 aliphatic rings. The number of amides is 2. The van der Waals surface area contributed by atoms with Crippen molar-refractivity contribution in [3.63, 3.8) is 0 Å². The van der Waals surface area contributed by atoms with E-state index in [9.17, 15) is 14.4 Å². The van der Waals surface area contributed by atoms with Crippen LogP contribution >= 0.6 is 11.8 Å². The van der Waals surface area contributed by atoms with Crippen LogP contribution in [0.25, 0.3) is 0 Å². The number of aliphatic carboxylic acids is 1. The molecular formula is C7H11N2O4S. The summed E-state index contributed by atoms with van der Waals surface area (Å²) in [6, 6.07) is -1.00. The lowest BCUT2D eigenvalue weighted by Crippen LogP contribution is -2.41. The van der Waals surface area contributed by atoms with E-state index in [1.807, 2.05) is 0 Å². The fraction of sp³-hybridized carbons (Fsp3) is 0.571. The van der Waals surface area contributed by atoms with Crippen LogP contribution in [0.5, 0.6) is 0 Å². The lowest BCUT2D eigenvalue weighted by Gasteiger charge is -2.11. The van der Waals surface area contributed by atoms with Gasteiger partial charge >= 0.3 is 5.97 Å². The largest absolute Gasteiger partial charge is 0.480 e. The van der Waals surface area contributed by atoms with Crippen LogP contribution in [0.2, 0.25) is 0 Å². The van der Waals surface area contributed by atoms with Gasteiger partial charge in [-0.1, -0.05) is 0 Å². The van der Waals surface area contributed by atoms with E-state index in [-0.39, 0.29) is 11.5 Å². The molecule has 7 heteroatoms. The molecule has 0 aromatic carbocycles. The molecule has 6 nitrogen and oxygen atoms in total. The molecule has 0 rings (SSSR count). The lowest BCUT2D eigenvalue weighted by atomic mass is 10.3. The van der Waals surface area contributed by atoms with E-state index in [1.165, 1.54) is 6.92 Å². The Bertz CT molecular complexity index is 244. The highest BCUT2D eigenvalue weighted by Crippen LogP contribution is 2.02. The summed E-state index contributed by atoms with van der Waals surface area (Å²) in [6.45, 7) is 1.22. The second-order valence-electron chi connectivity index (χ2n) is 2.53. The van der Waals surface area contributed by atoms with E-state index in [2.05, 4.69) is 5.32 Å². The number of hydrogen-bond donors (Lipinski definition) is 2. The third kappa shape index (κ3) is 6.30. The highest BCUT2D eigenvalue weighted by atomic mass is 32.2. The van der Waals surface area contributed by atoms with Gasteiger partial charge in [0.05, 0.1) is 5.75 Å². The van der Waals surface area contributed by atoms with Gasteiger partial charge in [0.1, 0.15) is 6.04 Å². The maximum atomic E-state index is 10.6. The van der Waals surface area contributed by atoms with Crippen LogP contribution in [-0.4, -0.2) is 40.4 Å². The smallest absolute Gasteiger partial charge is 0.327 e. The van der Waals surface area contributed by atoms with E-state index in [1.54, 1.807) is 0 Å². The number of carbonyl (C=O) groups is 3.